The highest BCUT2D eigenvalue weighted by Crippen LogP contribution is 2.43. The summed E-state index contributed by atoms with van der Waals surface area (Å²) in [5, 5.41) is 0. The van der Waals surface area contributed by atoms with Gasteiger partial charge in [-0.1, -0.05) is 30.3 Å². The van der Waals surface area contributed by atoms with Gasteiger partial charge in [0.2, 0.25) is 0 Å². The molecule has 0 amide bonds. The van der Waals surface area contributed by atoms with Crippen molar-refractivity contribution in [2.24, 2.45) is 10.9 Å². The fraction of sp³-hybridized carbons (Fsp3) is 0.267. The summed E-state index contributed by atoms with van der Waals surface area (Å²) in [4.78, 5) is 28.4. The molecule has 0 aromatic heterocycles. The topological polar surface area (TPSA) is 65.0 Å². The van der Waals surface area contributed by atoms with Gasteiger partial charge in [-0.05, 0) is 5.56 Å². The van der Waals surface area contributed by atoms with Gasteiger partial charge in [0.05, 0.1) is 17.0 Å². The number of esters is 2. The molecule has 5 heteroatoms. The Labute approximate surface area is 114 Å². The summed E-state index contributed by atoms with van der Waals surface area (Å²) >= 11 is 0. The zero-order valence-corrected chi connectivity index (χ0v) is 10.5. The van der Waals surface area contributed by atoms with E-state index in [-0.39, 0.29) is 31.1 Å². The van der Waals surface area contributed by atoms with Gasteiger partial charge in [-0.2, -0.15) is 0 Å². The molecule has 0 saturated carbocycles. The maximum atomic E-state index is 12.0. The summed E-state index contributed by atoms with van der Waals surface area (Å²) in [7, 11) is 0. The SMILES string of the molecule is O=C1OCC2=C1[C@H](c1ccccc1)C1C(=O)OCC1=N2. The van der Waals surface area contributed by atoms with Gasteiger partial charge in [0.15, 0.2) is 0 Å². The lowest BCUT2D eigenvalue weighted by molar-refractivity contribution is -0.141. The van der Waals surface area contributed by atoms with Crippen LogP contribution in [-0.4, -0.2) is 30.9 Å². The molecule has 0 radical (unpaired) electrons. The number of cyclic esters (lactones) is 2. The zero-order valence-electron chi connectivity index (χ0n) is 10.5. The first-order chi connectivity index (χ1) is 9.75. The minimum Gasteiger partial charge on any atom is -0.459 e. The normalized spacial score (nSPS) is 27.7. The van der Waals surface area contributed by atoms with Crippen LogP contribution in [0.4, 0.5) is 0 Å². The monoisotopic (exact) mass is 269 g/mol. The van der Waals surface area contributed by atoms with Gasteiger partial charge in [-0.3, -0.25) is 9.79 Å². The van der Waals surface area contributed by atoms with E-state index in [4.69, 9.17) is 9.47 Å². The first kappa shape index (κ1) is 11.4. The maximum Gasteiger partial charge on any atom is 0.337 e. The lowest BCUT2D eigenvalue weighted by Crippen LogP contribution is -2.30. The summed E-state index contributed by atoms with van der Waals surface area (Å²) in [5.74, 6) is -1.54. The second-order valence-corrected chi connectivity index (χ2v) is 5.01. The first-order valence-corrected chi connectivity index (χ1v) is 6.45. The third-order valence-corrected chi connectivity index (χ3v) is 3.93. The van der Waals surface area contributed by atoms with Crippen molar-refractivity contribution in [3.8, 4) is 0 Å². The largest absolute Gasteiger partial charge is 0.459 e. The number of hydrogen-bond donors (Lipinski definition) is 0. The number of carbonyl (C=O) groups is 2. The molecule has 0 spiro atoms. The molecule has 4 rings (SSSR count). The van der Waals surface area contributed by atoms with Crippen LogP contribution in [0.25, 0.3) is 0 Å². The second-order valence-electron chi connectivity index (χ2n) is 5.01. The summed E-state index contributed by atoms with van der Waals surface area (Å²) in [6.07, 6.45) is 0. The Balaban J connectivity index is 1.91. The van der Waals surface area contributed by atoms with Gasteiger partial charge in [-0.25, -0.2) is 4.79 Å². The number of carbonyl (C=O) groups excluding carboxylic acids is 2. The predicted molar refractivity (Wildman–Crippen MR) is 69.1 cm³/mol. The van der Waals surface area contributed by atoms with Crippen molar-refractivity contribution in [3.63, 3.8) is 0 Å². The molecular formula is C15H11NO4. The van der Waals surface area contributed by atoms with Gasteiger partial charge >= 0.3 is 11.9 Å². The first-order valence-electron chi connectivity index (χ1n) is 6.45. The molecule has 0 N–H and O–H groups in total. The lowest BCUT2D eigenvalue weighted by Gasteiger charge is -2.24. The number of rotatable bonds is 1. The third kappa shape index (κ3) is 1.46. The highest BCUT2D eigenvalue weighted by molar-refractivity contribution is 6.12. The van der Waals surface area contributed by atoms with Gasteiger partial charge in [-0.15, -0.1) is 0 Å². The van der Waals surface area contributed by atoms with Crippen LogP contribution in [0.3, 0.4) is 0 Å². The Morgan fingerprint density at radius 3 is 2.60 bits per heavy atom. The van der Waals surface area contributed by atoms with Crippen LogP contribution in [-0.2, 0) is 19.1 Å². The fourth-order valence-electron chi connectivity index (χ4n) is 3.06. The molecule has 20 heavy (non-hydrogen) atoms. The van der Waals surface area contributed by atoms with Crippen molar-refractivity contribution in [2.75, 3.05) is 13.2 Å². The average Bonchev–Trinajstić information content (AvgIpc) is 3.03. The predicted octanol–water partition coefficient (Wildman–Crippen LogP) is 1.21. The van der Waals surface area contributed by atoms with E-state index in [1.807, 2.05) is 30.3 Å². The van der Waals surface area contributed by atoms with E-state index in [2.05, 4.69) is 4.99 Å². The molecule has 1 aromatic carbocycles. The number of benzene rings is 1. The van der Waals surface area contributed by atoms with Crippen LogP contribution in [0.5, 0.6) is 0 Å². The molecule has 100 valence electrons. The lowest BCUT2D eigenvalue weighted by atomic mass is 9.77. The molecule has 0 bridgehead atoms. The highest BCUT2D eigenvalue weighted by Gasteiger charge is 2.49. The molecule has 0 aliphatic carbocycles. The van der Waals surface area contributed by atoms with Crippen LogP contribution in [0, 0.1) is 5.92 Å². The Morgan fingerprint density at radius 1 is 1.00 bits per heavy atom. The molecule has 5 nitrogen and oxygen atoms in total. The number of ether oxygens (including phenoxy) is 2. The Morgan fingerprint density at radius 2 is 1.80 bits per heavy atom. The third-order valence-electron chi connectivity index (χ3n) is 3.93. The summed E-state index contributed by atoms with van der Waals surface area (Å²) < 4.78 is 10.2. The van der Waals surface area contributed by atoms with Crippen LogP contribution in [0.1, 0.15) is 11.5 Å². The highest BCUT2D eigenvalue weighted by atomic mass is 16.5. The number of fused-ring (bicyclic) bond motifs is 1. The standard InChI is InChI=1S/C15H11NO4/c17-14-12-9(6-19-14)16-10-7-20-15(18)13(10)11(12)8-4-2-1-3-5-8/h1-5,11-12H,6-7H2/t11-,12?/m1/s1. The number of hydrogen-bond acceptors (Lipinski definition) is 5. The van der Waals surface area contributed by atoms with E-state index < -0.39 is 5.92 Å². The summed E-state index contributed by atoms with van der Waals surface area (Å²) in [5.41, 5.74) is 2.74. The van der Waals surface area contributed by atoms with Crippen molar-refractivity contribution in [2.45, 2.75) is 5.92 Å². The fourth-order valence-corrected chi connectivity index (χ4v) is 3.06. The minimum absolute atomic E-state index is 0.182. The van der Waals surface area contributed by atoms with Gasteiger partial charge in [0.1, 0.15) is 19.1 Å². The van der Waals surface area contributed by atoms with Crippen LogP contribution >= 0.6 is 0 Å². The van der Waals surface area contributed by atoms with Crippen molar-refractivity contribution in [3.05, 3.63) is 47.2 Å². The smallest absolute Gasteiger partial charge is 0.337 e. The van der Waals surface area contributed by atoms with E-state index in [1.165, 1.54) is 0 Å². The van der Waals surface area contributed by atoms with Crippen molar-refractivity contribution in [1.29, 1.82) is 0 Å². The molecule has 1 saturated heterocycles. The van der Waals surface area contributed by atoms with Crippen molar-refractivity contribution < 1.29 is 19.1 Å². The van der Waals surface area contributed by atoms with E-state index in [0.29, 0.717) is 17.0 Å². The molecular weight excluding hydrogens is 258 g/mol. The molecule has 1 unspecified atom stereocenters. The molecule has 3 heterocycles. The van der Waals surface area contributed by atoms with Gasteiger partial charge < -0.3 is 9.47 Å². The maximum absolute atomic E-state index is 12.0. The Bertz CT molecular complexity index is 674. The van der Waals surface area contributed by atoms with Crippen LogP contribution in [0.2, 0.25) is 0 Å². The molecule has 3 aliphatic heterocycles. The van der Waals surface area contributed by atoms with Crippen LogP contribution < -0.4 is 0 Å². The molecule has 3 aliphatic rings. The second kappa shape index (κ2) is 4.03. The Kier molecular flexibility index (Phi) is 2.30. The minimum atomic E-state index is -0.498. The molecule has 1 fully saturated rings. The average molecular weight is 269 g/mol. The van der Waals surface area contributed by atoms with E-state index >= 15 is 0 Å². The van der Waals surface area contributed by atoms with Gasteiger partial charge in [0.25, 0.3) is 0 Å². The summed E-state index contributed by atoms with van der Waals surface area (Å²) in [6.45, 7) is 0.389. The number of aliphatic imine (C=N–C) groups is 1. The van der Waals surface area contributed by atoms with E-state index in [0.717, 1.165) is 5.56 Å². The van der Waals surface area contributed by atoms with E-state index in [1.54, 1.807) is 0 Å². The quantitative estimate of drug-likeness (QED) is 0.719. The molecule has 2 atom stereocenters. The van der Waals surface area contributed by atoms with Crippen molar-refractivity contribution in [1.82, 2.24) is 0 Å². The van der Waals surface area contributed by atoms with Crippen molar-refractivity contribution >= 4 is 17.7 Å². The number of nitrogens with zero attached hydrogens (tertiary/aromatic N) is 1. The van der Waals surface area contributed by atoms with E-state index in [9.17, 15) is 9.59 Å². The van der Waals surface area contributed by atoms with Gasteiger partial charge in [0, 0.05) is 5.92 Å². The zero-order chi connectivity index (χ0) is 13.7. The molecule has 1 aromatic rings. The van der Waals surface area contributed by atoms with Crippen LogP contribution in [0.15, 0.2) is 46.6 Å². The summed E-state index contributed by atoms with van der Waals surface area (Å²) in [6, 6.07) is 9.50. The Hall–Kier alpha value is -2.43.